The number of fused-ring (bicyclic) bond motifs is 1. The third-order valence-corrected chi connectivity index (χ3v) is 3.54. The summed E-state index contributed by atoms with van der Waals surface area (Å²) in [6, 6.07) is 7.50. The van der Waals surface area contributed by atoms with Crippen LogP contribution in [0.2, 0.25) is 0 Å². The van der Waals surface area contributed by atoms with E-state index >= 15 is 0 Å². The zero-order valence-corrected chi connectivity index (χ0v) is 12.6. The van der Waals surface area contributed by atoms with Crippen LogP contribution in [0.25, 0.3) is 11.0 Å². The highest BCUT2D eigenvalue weighted by Gasteiger charge is 2.22. The normalized spacial score (nSPS) is 11.7. The van der Waals surface area contributed by atoms with Gasteiger partial charge in [-0.2, -0.15) is 0 Å². The van der Waals surface area contributed by atoms with Gasteiger partial charge in [0.2, 0.25) is 0 Å². The van der Waals surface area contributed by atoms with Gasteiger partial charge in [-0.3, -0.25) is 4.90 Å². The Morgan fingerprint density at radius 1 is 1.38 bits per heavy atom. The summed E-state index contributed by atoms with van der Waals surface area (Å²) in [6.45, 7) is 5.92. The van der Waals surface area contributed by atoms with Crippen molar-refractivity contribution < 1.29 is 19.1 Å². The molecule has 0 unspecified atom stereocenters. The van der Waals surface area contributed by atoms with E-state index in [0.717, 1.165) is 6.54 Å². The van der Waals surface area contributed by atoms with Crippen molar-refractivity contribution in [2.24, 2.45) is 0 Å². The Morgan fingerprint density at radius 2 is 2.10 bits per heavy atom. The molecule has 1 aromatic carbocycles. The minimum absolute atomic E-state index is 0.258. The fraction of sp³-hybridized carbons (Fsp3) is 0.438. The standard InChI is InChI=1S/C16H21NO4/c1-11(2)17(8-9-20-3)10-14-15(16(18)19)12-6-4-5-7-13(12)21-14/h4-7,11H,8-10H2,1-3H3,(H,18,19). The van der Waals surface area contributed by atoms with Crippen LogP contribution in [0, 0.1) is 0 Å². The molecule has 0 aliphatic heterocycles. The molecule has 0 radical (unpaired) electrons. The van der Waals surface area contributed by atoms with Crippen molar-refractivity contribution in [3.63, 3.8) is 0 Å². The lowest BCUT2D eigenvalue weighted by Crippen LogP contribution is -2.33. The van der Waals surface area contributed by atoms with Crippen molar-refractivity contribution in [1.29, 1.82) is 0 Å². The predicted octanol–water partition coefficient (Wildman–Crippen LogP) is 2.99. The first kappa shape index (κ1) is 15.5. The minimum Gasteiger partial charge on any atom is -0.478 e. The van der Waals surface area contributed by atoms with E-state index in [0.29, 0.717) is 29.9 Å². The first-order chi connectivity index (χ1) is 10.0. The van der Waals surface area contributed by atoms with Crippen LogP contribution in [0.3, 0.4) is 0 Å². The van der Waals surface area contributed by atoms with Crippen LogP contribution < -0.4 is 0 Å². The fourth-order valence-electron chi connectivity index (χ4n) is 2.35. The Morgan fingerprint density at radius 3 is 2.71 bits per heavy atom. The summed E-state index contributed by atoms with van der Waals surface area (Å²) < 4.78 is 10.9. The van der Waals surface area contributed by atoms with Gasteiger partial charge in [0, 0.05) is 25.1 Å². The molecule has 0 spiro atoms. The molecular formula is C16H21NO4. The maximum Gasteiger partial charge on any atom is 0.339 e. The molecule has 0 aliphatic rings. The average Bonchev–Trinajstić information content (AvgIpc) is 2.81. The van der Waals surface area contributed by atoms with Gasteiger partial charge in [0.25, 0.3) is 0 Å². The van der Waals surface area contributed by atoms with Crippen molar-refractivity contribution in [2.45, 2.75) is 26.4 Å². The third-order valence-electron chi connectivity index (χ3n) is 3.54. The average molecular weight is 291 g/mol. The second-order valence-corrected chi connectivity index (χ2v) is 5.26. The van der Waals surface area contributed by atoms with Crippen LogP contribution in [-0.2, 0) is 11.3 Å². The third kappa shape index (κ3) is 3.43. The van der Waals surface area contributed by atoms with E-state index in [1.165, 1.54) is 0 Å². The molecule has 1 aromatic heterocycles. The molecule has 0 fully saturated rings. The van der Waals surface area contributed by atoms with E-state index < -0.39 is 5.97 Å². The van der Waals surface area contributed by atoms with Crippen molar-refractivity contribution in [2.75, 3.05) is 20.3 Å². The van der Waals surface area contributed by atoms with E-state index in [4.69, 9.17) is 9.15 Å². The molecule has 1 heterocycles. The van der Waals surface area contributed by atoms with E-state index in [2.05, 4.69) is 18.7 Å². The van der Waals surface area contributed by atoms with Gasteiger partial charge in [-0.1, -0.05) is 18.2 Å². The van der Waals surface area contributed by atoms with Crippen molar-refractivity contribution in [3.05, 3.63) is 35.6 Å². The molecular weight excluding hydrogens is 270 g/mol. The number of hydrogen-bond acceptors (Lipinski definition) is 4. The van der Waals surface area contributed by atoms with Gasteiger partial charge in [0.1, 0.15) is 16.9 Å². The van der Waals surface area contributed by atoms with Gasteiger partial charge in [-0.25, -0.2) is 4.79 Å². The summed E-state index contributed by atoms with van der Waals surface area (Å²) in [7, 11) is 1.66. The molecule has 0 aliphatic carbocycles. The lowest BCUT2D eigenvalue weighted by Gasteiger charge is -2.25. The van der Waals surface area contributed by atoms with Gasteiger partial charge in [-0.15, -0.1) is 0 Å². The zero-order chi connectivity index (χ0) is 15.4. The lowest BCUT2D eigenvalue weighted by atomic mass is 10.1. The fourth-order valence-corrected chi connectivity index (χ4v) is 2.35. The maximum atomic E-state index is 11.6. The Kier molecular flexibility index (Phi) is 4.98. The quantitative estimate of drug-likeness (QED) is 0.849. The summed E-state index contributed by atoms with van der Waals surface area (Å²) in [6.07, 6.45) is 0. The van der Waals surface area contributed by atoms with Gasteiger partial charge < -0.3 is 14.3 Å². The van der Waals surface area contributed by atoms with Gasteiger partial charge in [-0.05, 0) is 19.9 Å². The largest absolute Gasteiger partial charge is 0.478 e. The molecule has 0 amide bonds. The molecule has 114 valence electrons. The SMILES string of the molecule is COCCN(Cc1oc2ccccc2c1C(=O)O)C(C)C. The number of carboxylic acids is 1. The Labute approximate surface area is 124 Å². The second-order valence-electron chi connectivity index (χ2n) is 5.26. The first-order valence-corrected chi connectivity index (χ1v) is 7.01. The number of carboxylic acid groups (broad SMARTS) is 1. The molecule has 5 heteroatoms. The molecule has 2 rings (SSSR count). The van der Waals surface area contributed by atoms with Crippen LogP contribution in [0.5, 0.6) is 0 Å². The molecule has 0 saturated carbocycles. The number of benzene rings is 1. The van der Waals surface area contributed by atoms with E-state index in [-0.39, 0.29) is 11.6 Å². The van der Waals surface area contributed by atoms with Crippen LogP contribution >= 0.6 is 0 Å². The molecule has 0 saturated heterocycles. The van der Waals surface area contributed by atoms with Crippen molar-refractivity contribution in [3.8, 4) is 0 Å². The van der Waals surface area contributed by atoms with E-state index in [9.17, 15) is 9.90 Å². The van der Waals surface area contributed by atoms with Crippen LogP contribution in [0.1, 0.15) is 30.0 Å². The number of carbonyl (C=O) groups is 1. The van der Waals surface area contributed by atoms with E-state index in [1.807, 2.05) is 12.1 Å². The summed E-state index contributed by atoms with van der Waals surface area (Å²) in [5.41, 5.74) is 0.869. The number of furan rings is 1. The topological polar surface area (TPSA) is 62.9 Å². The number of nitrogens with zero attached hydrogens (tertiary/aromatic N) is 1. The Balaban J connectivity index is 2.36. The highest BCUT2D eigenvalue weighted by molar-refractivity contribution is 6.03. The number of rotatable bonds is 7. The van der Waals surface area contributed by atoms with E-state index in [1.54, 1.807) is 19.2 Å². The van der Waals surface area contributed by atoms with Crippen LogP contribution in [0.4, 0.5) is 0 Å². The predicted molar refractivity (Wildman–Crippen MR) is 80.6 cm³/mol. The van der Waals surface area contributed by atoms with Crippen LogP contribution in [0.15, 0.2) is 28.7 Å². The highest BCUT2D eigenvalue weighted by atomic mass is 16.5. The smallest absolute Gasteiger partial charge is 0.339 e. The number of aromatic carboxylic acids is 1. The monoisotopic (exact) mass is 291 g/mol. The van der Waals surface area contributed by atoms with Gasteiger partial charge in [0.05, 0.1) is 13.2 Å². The van der Waals surface area contributed by atoms with Crippen LogP contribution in [-0.4, -0.2) is 42.3 Å². The molecule has 0 atom stereocenters. The Bertz CT molecular complexity index is 618. The molecule has 0 bridgehead atoms. The molecule has 5 nitrogen and oxygen atoms in total. The highest BCUT2D eigenvalue weighted by Crippen LogP contribution is 2.27. The Hall–Kier alpha value is -1.85. The molecule has 1 N–H and O–H groups in total. The maximum absolute atomic E-state index is 11.6. The lowest BCUT2D eigenvalue weighted by molar-refractivity contribution is 0.0691. The minimum atomic E-state index is -0.953. The van der Waals surface area contributed by atoms with Gasteiger partial charge >= 0.3 is 5.97 Å². The van der Waals surface area contributed by atoms with Crippen molar-refractivity contribution in [1.82, 2.24) is 4.90 Å². The number of para-hydroxylation sites is 1. The molecule has 21 heavy (non-hydrogen) atoms. The summed E-state index contributed by atoms with van der Waals surface area (Å²) >= 11 is 0. The summed E-state index contributed by atoms with van der Waals surface area (Å²) in [4.78, 5) is 13.7. The summed E-state index contributed by atoms with van der Waals surface area (Å²) in [5.74, 6) is -0.459. The number of ether oxygens (including phenoxy) is 1. The summed E-state index contributed by atoms with van der Waals surface area (Å²) in [5, 5.41) is 10.1. The first-order valence-electron chi connectivity index (χ1n) is 7.01. The number of hydrogen-bond donors (Lipinski definition) is 1. The van der Waals surface area contributed by atoms with Crippen molar-refractivity contribution >= 4 is 16.9 Å². The number of methoxy groups -OCH3 is 1. The second kappa shape index (κ2) is 6.74. The molecule has 2 aromatic rings. The van der Waals surface area contributed by atoms with Gasteiger partial charge in [0.15, 0.2) is 0 Å². The zero-order valence-electron chi connectivity index (χ0n) is 12.6.